The molecule has 5 heteroatoms. The summed E-state index contributed by atoms with van der Waals surface area (Å²) < 4.78 is 0. The predicted molar refractivity (Wildman–Crippen MR) is 122 cm³/mol. The van der Waals surface area contributed by atoms with Crippen molar-refractivity contribution in [2.45, 2.75) is 25.7 Å². The number of para-hydroxylation sites is 2. The van der Waals surface area contributed by atoms with Crippen LogP contribution in [0.4, 0.5) is 11.4 Å². The average molecular weight is 402 g/mol. The number of nitrogens with zero attached hydrogens (tertiary/aromatic N) is 1. The topological polar surface area (TPSA) is 61.4 Å². The third-order valence-electron chi connectivity index (χ3n) is 5.55. The van der Waals surface area contributed by atoms with Crippen LogP contribution in [0, 0.1) is 0 Å². The minimum absolute atomic E-state index is 0.0437. The van der Waals surface area contributed by atoms with Gasteiger partial charge in [0.2, 0.25) is 11.8 Å². The van der Waals surface area contributed by atoms with Crippen LogP contribution in [0.2, 0.25) is 0 Å². The normalized spacial score (nSPS) is 13.8. The van der Waals surface area contributed by atoms with E-state index in [1.807, 2.05) is 66.7 Å². The van der Waals surface area contributed by atoms with E-state index in [4.69, 9.17) is 0 Å². The molecule has 1 saturated heterocycles. The zero-order valence-corrected chi connectivity index (χ0v) is 17.1. The number of amides is 2. The van der Waals surface area contributed by atoms with Crippen molar-refractivity contribution in [3.8, 4) is 0 Å². The lowest BCUT2D eigenvalue weighted by Gasteiger charge is -2.30. The Hall–Kier alpha value is -3.34. The van der Waals surface area contributed by atoms with Crippen LogP contribution in [0.5, 0.6) is 0 Å². The lowest BCUT2D eigenvalue weighted by molar-refractivity contribution is -0.123. The van der Waals surface area contributed by atoms with Gasteiger partial charge in [-0.25, -0.2) is 0 Å². The molecule has 0 saturated carbocycles. The molecule has 1 fully saturated rings. The van der Waals surface area contributed by atoms with Crippen LogP contribution in [-0.4, -0.2) is 31.4 Å². The first-order valence-corrected chi connectivity index (χ1v) is 10.6. The van der Waals surface area contributed by atoms with E-state index in [0.29, 0.717) is 0 Å². The second kappa shape index (κ2) is 9.44. The van der Waals surface area contributed by atoms with Gasteiger partial charge < -0.3 is 15.5 Å². The molecular weight excluding hydrogens is 374 g/mol. The molecule has 154 valence electrons. The summed E-state index contributed by atoms with van der Waals surface area (Å²) in [6.07, 6.45) is 3.85. The van der Waals surface area contributed by atoms with Gasteiger partial charge in [-0.15, -0.1) is 0 Å². The van der Waals surface area contributed by atoms with Gasteiger partial charge in [-0.05, 0) is 47.7 Å². The third-order valence-corrected chi connectivity index (χ3v) is 5.55. The first-order chi connectivity index (χ1) is 14.7. The standard InChI is InChI=1S/C25H27N3O2/c29-24(17-20-11-8-10-19-9-2-3-12-21(19)20)26-18-25(30)27-22-13-4-5-14-23(22)28-15-6-1-7-16-28/h2-5,8-14H,1,6-7,15-18H2,(H,26,29)(H,27,30). The molecule has 0 aliphatic carbocycles. The van der Waals surface area contributed by atoms with Gasteiger partial charge in [0.25, 0.3) is 0 Å². The third kappa shape index (κ3) is 4.79. The molecule has 0 aromatic heterocycles. The minimum Gasteiger partial charge on any atom is -0.370 e. The molecule has 0 spiro atoms. The fraction of sp³-hybridized carbons (Fsp3) is 0.280. The number of hydrogen-bond acceptors (Lipinski definition) is 3. The van der Waals surface area contributed by atoms with Crippen LogP contribution in [0.1, 0.15) is 24.8 Å². The highest BCUT2D eigenvalue weighted by Gasteiger charge is 2.16. The van der Waals surface area contributed by atoms with E-state index in [1.165, 1.54) is 19.3 Å². The molecule has 30 heavy (non-hydrogen) atoms. The number of nitrogens with one attached hydrogen (secondary N) is 2. The van der Waals surface area contributed by atoms with Crippen molar-refractivity contribution in [1.29, 1.82) is 0 Å². The predicted octanol–water partition coefficient (Wildman–Crippen LogP) is 4.13. The first kappa shape index (κ1) is 20.0. The smallest absolute Gasteiger partial charge is 0.243 e. The largest absolute Gasteiger partial charge is 0.370 e. The maximum absolute atomic E-state index is 12.5. The molecule has 0 atom stereocenters. The number of hydrogen-bond donors (Lipinski definition) is 2. The second-order valence-corrected chi connectivity index (χ2v) is 7.70. The average Bonchev–Trinajstić information content (AvgIpc) is 2.79. The van der Waals surface area contributed by atoms with Gasteiger partial charge >= 0.3 is 0 Å². The summed E-state index contributed by atoms with van der Waals surface area (Å²) in [5.74, 6) is -0.378. The molecule has 2 amide bonds. The van der Waals surface area contributed by atoms with Gasteiger partial charge in [0.15, 0.2) is 0 Å². The van der Waals surface area contributed by atoms with Gasteiger partial charge in [-0.2, -0.15) is 0 Å². The maximum atomic E-state index is 12.5. The minimum atomic E-state index is -0.217. The van der Waals surface area contributed by atoms with Gasteiger partial charge in [0, 0.05) is 13.1 Å². The van der Waals surface area contributed by atoms with E-state index < -0.39 is 0 Å². The zero-order valence-electron chi connectivity index (χ0n) is 17.1. The molecule has 1 aliphatic rings. The van der Waals surface area contributed by atoms with Gasteiger partial charge in [0.05, 0.1) is 24.3 Å². The molecule has 5 nitrogen and oxygen atoms in total. The van der Waals surface area contributed by atoms with E-state index in [9.17, 15) is 9.59 Å². The van der Waals surface area contributed by atoms with Crippen molar-refractivity contribution in [3.63, 3.8) is 0 Å². The Balaban J connectivity index is 1.34. The second-order valence-electron chi connectivity index (χ2n) is 7.70. The molecule has 3 aromatic rings. The Bertz CT molecular complexity index is 1040. The maximum Gasteiger partial charge on any atom is 0.243 e. The Morgan fingerprint density at radius 3 is 2.40 bits per heavy atom. The lowest BCUT2D eigenvalue weighted by Crippen LogP contribution is -2.35. The fourth-order valence-corrected chi connectivity index (χ4v) is 4.05. The molecule has 2 N–H and O–H groups in total. The van der Waals surface area contributed by atoms with Crippen LogP contribution in [-0.2, 0) is 16.0 Å². The Morgan fingerprint density at radius 1 is 0.800 bits per heavy atom. The van der Waals surface area contributed by atoms with E-state index in [0.717, 1.165) is 40.8 Å². The van der Waals surface area contributed by atoms with E-state index in [-0.39, 0.29) is 24.8 Å². The monoisotopic (exact) mass is 401 g/mol. The zero-order chi connectivity index (χ0) is 20.8. The lowest BCUT2D eigenvalue weighted by atomic mass is 10.0. The quantitative estimate of drug-likeness (QED) is 0.653. The van der Waals surface area contributed by atoms with Gasteiger partial charge in [-0.3, -0.25) is 9.59 Å². The number of carbonyl (C=O) groups excluding carboxylic acids is 2. The molecular formula is C25H27N3O2. The highest BCUT2D eigenvalue weighted by Crippen LogP contribution is 2.28. The van der Waals surface area contributed by atoms with Crippen molar-refractivity contribution in [1.82, 2.24) is 5.32 Å². The molecule has 3 aromatic carbocycles. The van der Waals surface area contributed by atoms with Crippen molar-refractivity contribution >= 4 is 34.0 Å². The SMILES string of the molecule is O=C(Cc1cccc2ccccc12)NCC(=O)Nc1ccccc1N1CCCCC1. The Morgan fingerprint density at radius 2 is 1.53 bits per heavy atom. The number of rotatable bonds is 6. The number of carbonyl (C=O) groups is 2. The van der Waals surface area contributed by atoms with Crippen molar-refractivity contribution in [3.05, 3.63) is 72.3 Å². The summed E-state index contributed by atoms with van der Waals surface area (Å²) in [5, 5.41) is 7.88. The first-order valence-electron chi connectivity index (χ1n) is 10.6. The summed E-state index contributed by atoms with van der Waals surface area (Å²) in [4.78, 5) is 27.2. The van der Waals surface area contributed by atoms with Crippen molar-refractivity contribution in [2.75, 3.05) is 29.9 Å². The Kier molecular flexibility index (Phi) is 6.28. The van der Waals surface area contributed by atoms with Crippen LogP contribution in [0.25, 0.3) is 10.8 Å². The summed E-state index contributed by atoms with van der Waals surface area (Å²) in [6, 6.07) is 21.8. The van der Waals surface area contributed by atoms with E-state index in [1.54, 1.807) is 0 Å². The van der Waals surface area contributed by atoms with Gasteiger partial charge in [0.1, 0.15) is 0 Å². The van der Waals surface area contributed by atoms with Crippen LogP contribution in [0.15, 0.2) is 66.7 Å². The summed E-state index contributed by atoms with van der Waals surface area (Å²) in [7, 11) is 0. The molecule has 0 bridgehead atoms. The summed E-state index contributed by atoms with van der Waals surface area (Å²) in [5.41, 5.74) is 2.81. The summed E-state index contributed by atoms with van der Waals surface area (Å²) in [6.45, 7) is 1.97. The van der Waals surface area contributed by atoms with Crippen LogP contribution < -0.4 is 15.5 Å². The molecule has 1 heterocycles. The number of fused-ring (bicyclic) bond motifs is 1. The molecule has 1 aliphatic heterocycles. The van der Waals surface area contributed by atoms with Crippen LogP contribution in [0.3, 0.4) is 0 Å². The fourth-order valence-electron chi connectivity index (χ4n) is 4.05. The molecule has 4 rings (SSSR count). The molecule has 0 unspecified atom stereocenters. The van der Waals surface area contributed by atoms with E-state index in [2.05, 4.69) is 15.5 Å². The van der Waals surface area contributed by atoms with Crippen LogP contribution >= 0.6 is 0 Å². The molecule has 0 radical (unpaired) electrons. The Labute approximate surface area is 177 Å². The summed E-state index contributed by atoms with van der Waals surface area (Å²) >= 11 is 0. The van der Waals surface area contributed by atoms with E-state index >= 15 is 0 Å². The van der Waals surface area contributed by atoms with Crippen molar-refractivity contribution < 1.29 is 9.59 Å². The highest BCUT2D eigenvalue weighted by atomic mass is 16.2. The number of piperidine rings is 1. The number of benzene rings is 3. The highest BCUT2D eigenvalue weighted by molar-refractivity contribution is 5.98. The van der Waals surface area contributed by atoms with Crippen molar-refractivity contribution in [2.24, 2.45) is 0 Å². The van der Waals surface area contributed by atoms with Gasteiger partial charge in [-0.1, -0.05) is 54.6 Å². The number of anilines is 2.